The van der Waals surface area contributed by atoms with Crippen molar-refractivity contribution in [3.05, 3.63) is 42.4 Å². The topological polar surface area (TPSA) is 64.4 Å². The van der Waals surface area contributed by atoms with Crippen molar-refractivity contribution in [1.29, 1.82) is 0 Å². The van der Waals surface area contributed by atoms with E-state index >= 15 is 0 Å². The summed E-state index contributed by atoms with van der Waals surface area (Å²) in [6.07, 6.45) is -2.35. The highest BCUT2D eigenvalue weighted by Crippen LogP contribution is 2.20. The quantitative estimate of drug-likeness (QED) is 0.788. The van der Waals surface area contributed by atoms with Crippen LogP contribution in [0.5, 0.6) is 0 Å². The number of amides is 1. The van der Waals surface area contributed by atoms with E-state index in [4.69, 9.17) is 4.42 Å². The molecule has 0 fully saturated rings. The highest BCUT2D eigenvalue weighted by molar-refractivity contribution is 5.76. The lowest BCUT2D eigenvalue weighted by molar-refractivity contribution is -0.175. The number of nitrogens with one attached hydrogen (secondary N) is 1. The second-order valence-electron chi connectivity index (χ2n) is 5.58. The number of hydrogen-bond acceptors (Lipinski definition) is 4. The van der Waals surface area contributed by atoms with Gasteiger partial charge >= 0.3 is 6.18 Å². The van der Waals surface area contributed by atoms with Gasteiger partial charge < -0.3 is 14.5 Å². The maximum absolute atomic E-state index is 12.0. The summed E-state index contributed by atoms with van der Waals surface area (Å²) < 4.78 is 46.0. The molecule has 1 N–H and O–H groups in total. The minimum atomic E-state index is -4.37. The maximum atomic E-state index is 12.0. The predicted molar refractivity (Wildman–Crippen MR) is 84.7 cm³/mol. The van der Waals surface area contributed by atoms with Gasteiger partial charge in [-0.3, -0.25) is 4.79 Å². The van der Waals surface area contributed by atoms with Gasteiger partial charge in [-0.2, -0.15) is 13.2 Å². The number of benzene rings is 1. The Kier molecular flexibility index (Phi) is 6.58. The standard InChI is InChI=1S/C17H19F3N2O3/c1-12(10-24-11-17(18,19)20)22-15(23)7-8-16-21-9-14(25-16)13-5-3-2-4-6-13/h2-6,9,12H,7-8,10-11H2,1H3,(H,22,23)/t12-/m1/s1. The molecular weight excluding hydrogens is 337 g/mol. The first-order chi connectivity index (χ1) is 11.8. The Bertz CT molecular complexity index is 671. The predicted octanol–water partition coefficient (Wildman–Crippen LogP) is 3.36. The van der Waals surface area contributed by atoms with Crippen molar-refractivity contribution in [1.82, 2.24) is 10.3 Å². The molecule has 0 saturated carbocycles. The summed E-state index contributed by atoms with van der Waals surface area (Å²) in [5.74, 6) is 0.738. The van der Waals surface area contributed by atoms with Crippen LogP contribution >= 0.6 is 0 Å². The van der Waals surface area contributed by atoms with Crippen molar-refractivity contribution in [3.63, 3.8) is 0 Å². The Morgan fingerprint density at radius 3 is 2.72 bits per heavy atom. The van der Waals surface area contributed by atoms with Gasteiger partial charge in [-0.05, 0) is 6.92 Å². The third-order valence-corrected chi connectivity index (χ3v) is 3.22. The molecule has 1 atom stereocenters. The highest BCUT2D eigenvalue weighted by atomic mass is 19.4. The van der Waals surface area contributed by atoms with Gasteiger partial charge in [-0.15, -0.1) is 0 Å². The number of hydrogen-bond donors (Lipinski definition) is 1. The highest BCUT2D eigenvalue weighted by Gasteiger charge is 2.27. The molecule has 25 heavy (non-hydrogen) atoms. The van der Waals surface area contributed by atoms with Gasteiger partial charge in [0.15, 0.2) is 11.7 Å². The summed E-state index contributed by atoms with van der Waals surface area (Å²) in [4.78, 5) is 15.9. The van der Waals surface area contributed by atoms with Crippen LogP contribution in [0.15, 0.2) is 40.9 Å². The van der Waals surface area contributed by atoms with E-state index < -0.39 is 18.8 Å². The number of oxazole rings is 1. The molecule has 2 rings (SSSR count). The molecule has 0 spiro atoms. The second-order valence-corrected chi connectivity index (χ2v) is 5.58. The molecule has 0 unspecified atom stereocenters. The molecular formula is C17H19F3N2O3. The molecule has 136 valence electrons. The largest absolute Gasteiger partial charge is 0.441 e. The summed E-state index contributed by atoms with van der Waals surface area (Å²) in [7, 11) is 0. The van der Waals surface area contributed by atoms with Gasteiger partial charge in [-0.25, -0.2) is 4.98 Å². The van der Waals surface area contributed by atoms with Crippen LogP contribution in [0, 0.1) is 0 Å². The first kappa shape index (κ1) is 19.0. The fraction of sp³-hybridized carbons (Fsp3) is 0.412. The van der Waals surface area contributed by atoms with Crippen molar-refractivity contribution in [2.75, 3.05) is 13.2 Å². The molecule has 0 radical (unpaired) electrons. The van der Waals surface area contributed by atoms with Crippen molar-refractivity contribution in [2.24, 2.45) is 0 Å². The van der Waals surface area contributed by atoms with Crippen LogP contribution in [-0.4, -0.2) is 36.3 Å². The smallest absolute Gasteiger partial charge is 0.411 e. The van der Waals surface area contributed by atoms with Crippen molar-refractivity contribution >= 4 is 5.91 Å². The Balaban J connectivity index is 1.72. The normalized spacial score (nSPS) is 12.8. The minimum Gasteiger partial charge on any atom is -0.441 e. The zero-order chi connectivity index (χ0) is 18.3. The van der Waals surface area contributed by atoms with Crippen LogP contribution < -0.4 is 5.32 Å². The monoisotopic (exact) mass is 356 g/mol. The molecule has 1 amide bonds. The molecule has 0 saturated heterocycles. The number of carbonyl (C=O) groups excluding carboxylic acids is 1. The van der Waals surface area contributed by atoms with Gasteiger partial charge in [0.2, 0.25) is 5.91 Å². The van der Waals surface area contributed by atoms with Gasteiger partial charge in [0.05, 0.1) is 12.8 Å². The van der Waals surface area contributed by atoms with E-state index in [2.05, 4.69) is 15.0 Å². The number of ether oxygens (including phenoxy) is 1. The average Bonchev–Trinajstić information content (AvgIpc) is 3.01. The van der Waals surface area contributed by atoms with Crippen LogP contribution in [0.1, 0.15) is 19.2 Å². The molecule has 0 aliphatic rings. The first-order valence-corrected chi connectivity index (χ1v) is 7.77. The first-order valence-electron chi connectivity index (χ1n) is 7.77. The zero-order valence-corrected chi connectivity index (χ0v) is 13.7. The number of rotatable bonds is 8. The zero-order valence-electron chi connectivity index (χ0n) is 13.7. The SMILES string of the molecule is C[C@H](COCC(F)(F)F)NC(=O)CCc1ncc(-c2ccccc2)o1. The summed E-state index contributed by atoms with van der Waals surface area (Å²) in [6, 6.07) is 8.92. The van der Waals surface area contributed by atoms with Gasteiger partial charge in [0, 0.05) is 24.4 Å². The number of aromatic nitrogens is 1. The van der Waals surface area contributed by atoms with E-state index in [-0.39, 0.29) is 18.9 Å². The van der Waals surface area contributed by atoms with E-state index in [9.17, 15) is 18.0 Å². The van der Waals surface area contributed by atoms with Crippen molar-refractivity contribution < 1.29 is 27.1 Å². The molecule has 5 nitrogen and oxygen atoms in total. The fourth-order valence-electron chi connectivity index (χ4n) is 2.12. The third-order valence-electron chi connectivity index (χ3n) is 3.22. The van der Waals surface area contributed by atoms with Crippen LogP contribution in [0.2, 0.25) is 0 Å². The number of carbonyl (C=O) groups is 1. The summed E-state index contributed by atoms with van der Waals surface area (Å²) >= 11 is 0. The molecule has 0 aliphatic heterocycles. The molecule has 1 aromatic carbocycles. The van der Waals surface area contributed by atoms with Gasteiger partial charge in [0.25, 0.3) is 0 Å². The molecule has 2 aromatic rings. The van der Waals surface area contributed by atoms with E-state index in [0.29, 0.717) is 18.1 Å². The molecule has 0 bridgehead atoms. The molecule has 1 aromatic heterocycles. The Morgan fingerprint density at radius 2 is 2.04 bits per heavy atom. The Labute approximate surface area is 143 Å². The van der Waals surface area contributed by atoms with Crippen molar-refractivity contribution in [3.8, 4) is 11.3 Å². The van der Waals surface area contributed by atoms with E-state index in [0.717, 1.165) is 5.56 Å². The number of alkyl halides is 3. The maximum Gasteiger partial charge on any atom is 0.411 e. The lowest BCUT2D eigenvalue weighted by Gasteiger charge is -2.14. The molecule has 1 heterocycles. The minimum absolute atomic E-state index is 0.123. The lowest BCUT2D eigenvalue weighted by atomic mass is 10.2. The number of aryl methyl sites for hydroxylation is 1. The number of nitrogens with zero attached hydrogens (tertiary/aromatic N) is 1. The Hall–Kier alpha value is -2.35. The summed E-state index contributed by atoms with van der Waals surface area (Å²) in [6.45, 7) is 0.0428. The summed E-state index contributed by atoms with van der Waals surface area (Å²) in [5.41, 5.74) is 0.890. The number of halogens is 3. The van der Waals surface area contributed by atoms with Crippen LogP contribution in [0.25, 0.3) is 11.3 Å². The second kappa shape index (κ2) is 8.66. The Morgan fingerprint density at radius 1 is 1.32 bits per heavy atom. The van der Waals surface area contributed by atoms with Crippen LogP contribution in [-0.2, 0) is 16.0 Å². The fourth-order valence-corrected chi connectivity index (χ4v) is 2.12. The molecule has 0 aliphatic carbocycles. The van der Waals surface area contributed by atoms with E-state index in [1.54, 1.807) is 13.1 Å². The summed E-state index contributed by atoms with van der Waals surface area (Å²) in [5, 5.41) is 2.57. The third kappa shape index (κ3) is 6.96. The van der Waals surface area contributed by atoms with E-state index in [1.807, 2.05) is 30.3 Å². The van der Waals surface area contributed by atoms with Crippen LogP contribution in [0.4, 0.5) is 13.2 Å². The van der Waals surface area contributed by atoms with Crippen LogP contribution in [0.3, 0.4) is 0 Å². The average molecular weight is 356 g/mol. The van der Waals surface area contributed by atoms with Crippen molar-refractivity contribution in [2.45, 2.75) is 32.0 Å². The van der Waals surface area contributed by atoms with Gasteiger partial charge in [0.1, 0.15) is 6.61 Å². The van der Waals surface area contributed by atoms with E-state index in [1.165, 1.54) is 0 Å². The van der Waals surface area contributed by atoms with Gasteiger partial charge in [-0.1, -0.05) is 30.3 Å². The molecule has 8 heteroatoms. The lowest BCUT2D eigenvalue weighted by Crippen LogP contribution is -2.37.